The molecular weight excluding hydrogens is 512 g/mol. The molecule has 2 fully saturated rings. The fourth-order valence-electron chi connectivity index (χ4n) is 5.69. The number of nitro groups is 1. The van der Waals surface area contributed by atoms with E-state index in [4.69, 9.17) is 0 Å². The van der Waals surface area contributed by atoms with E-state index in [1.807, 2.05) is 49.4 Å². The van der Waals surface area contributed by atoms with Gasteiger partial charge in [0.2, 0.25) is 11.8 Å². The van der Waals surface area contributed by atoms with E-state index in [-0.39, 0.29) is 43.0 Å². The Kier molecular flexibility index (Phi) is 7.65. The second-order valence-electron chi connectivity index (χ2n) is 10.1. The van der Waals surface area contributed by atoms with Gasteiger partial charge in [0.1, 0.15) is 12.2 Å². The second kappa shape index (κ2) is 11.3. The average molecular weight is 545 g/mol. The number of nitrogens with one attached hydrogen (secondary N) is 1. The Labute approximate surface area is 232 Å². The van der Waals surface area contributed by atoms with Crippen LogP contribution in [0.4, 0.5) is 10.5 Å². The van der Waals surface area contributed by atoms with E-state index < -0.39 is 17.1 Å². The molecule has 0 radical (unpaired) electrons. The number of non-ortho nitro benzene ring substituents is 1. The number of carbonyl (C=O) groups excluding carboxylic acids is 3. The van der Waals surface area contributed by atoms with Gasteiger partial charge in [-0.05, 0) is 28.3 Å². The van der Waals surface area contributed by atoms with Gasteiger partial charge in [-0.1, -0.05) is 61.5 Å². The van der Waals surface area contributed by atoms with Crippen molar-refractivity contribution >= 4 is 34.3 Å². The molecule has 40 heavy (non-hydrogen) atoms. The predicted octanol–water partition coefficient (Wildman–Crippen LogP) is 3.14. The molecule has 11 nitrogen and oxygen atoms in total. The van der Waals surface area contributed by atoms with Crippen molar-refractivity contribution < 1.29 is 19.3 Å². The first-order valence-corrected chi connectivity index (χ1v) is 13.4. The van der Waals surface area contributed by atoms with Crippen molar-refractivity contribution in [3.63, 3.8) is 0 Å². The number of hydrogen-bond acceptors (Lipinski definition) is 6. The van der Waals surface area contributed by atoms with Crippen LogP contribution in [0.15, 0.2) is 66.7 Å². The van der Waals surface area contributed by atoms with E-state index >= 15 is 0 Å². The maximum absolute atomic E-state index is 14.0. The van der Waals surface area contributed by atoms with Gasteiger partial charge >= 0.3 is 6.03 Å². The summed E-state index contributed by atoms with van der Waals surface area (Å²) in [5, 5.41) is 19.2. The molecule has 0 spiro atoms. The lowest BCUT2D eigenvalue weighted by molar-refractivity contribution is -0.384. The number of fused-ring (bicyclic) bond motifs is 2. The number of hydrazine groups is 1. The van der Waals surface area contributed by atoms with Crippen LogP contribution in [0.5, 0.6) is 0 Å². The minimum atomic E-state index is -0.819. The van der Waals surface area contributed by atoms with Gasteiger partial charge in [0.05, 0.1) is 18.0 Å². The van der Waals surface area contributed by atoms with E-state index in [9.17, 15) is 24.5 Å². The molecule has 3 aromatic carbocycles. The maximum atomic E-state index is 14.0. The van der Waals surface area contributed by atoms with Crippen LogP contribution in [0, 0.1) is 10.1 Å². The third kappa shape index (κ3) is 5.07. The third-order valence-corrected chi connectivity index (χ3v) is 7.58. The van der Waals surface area contributed by atoms with Gasteiger partial charge in [-0.15, -0.1) is 0 Å². The maximum Gasteiger partial charge on any atom is 0.331 e. The summed E-state index contributed by atoms with van der Waals surface area (Å²) in [4.78, 5) is 54.3. The molecule has 4 amide bonds. The number of nitro benzene ring substituents is 1. The number of urea groups is 1. The molecule has 0 bridgehead atoms. The molecule has 2 aliphatic rings. The smallest absolute Gasteiger partial charge is 0.331 e. The van der Waals surface area contributed by atoms with Crippen LogP contribution in [-0.2, 0) is 22.6 Å². The Morgan fingerprint density at radius 3 is 2.50 bits per heavy atom. The zero-order valence-corrected chi connectivity index (χ0v) is 22.5. The Bertz CT molecular complexity index is 1440. The molecule has 0 aliphatic carbocycles. The Morgan fingerprint density at radius 1 is 1.07 bits per heavy atom. The monoisotopic (exact) mass is 544 g/mol. The lowest BCUT2D eigenvalue weighted by Gasteiger charge is -2.46. The second-order valence-corrected chi connectivity index (χ2v) is 10.1. The van der Waals surface area contributed by atoms with Crippen molar-refractivity contribution in [1.29, 1.82) is 0 Å². The third-order valence-electron chi connectivity index (χ3n) is 7.58. The van der Waals surface area contributed by atoms with Crippen LogP contribution < -0.4 is 5.32 Å². The standard InChI is InChI=1S/C29H32N6O5/c1-3-15-32(29(38)30-2)33-19-27(36)34-25(16-20-11-13-23(14-12-20)35(39)40)28(37)31(18-26(33)34)17-22-9-6-8-21-7-4-5-10-24(21)22/h4-14,25-26H,3,15-19H2,1-2H3,(H,30,38)/t25-,26+/m0/s1. The highest BCUT2D eigenvalue weighted by atomic mass is 16.6. The molecule has 2 aliphatic heterocycles. The van der Waals surface area contributed by atoms with Gasteiger partial charge in [-0.2, -0.15) is 5.01 Å². The largest absolute Gasteiger partial charge is 0.340 e. The number of amides is 4. The van der Waals surface area contributed by atoms with Gasteiger partial charge < -0.3 is 15.1 Å². The molecule has 5 rings (SSSR count). The number of rotatable bonds is 8. The molecule has 2 atom stereocenters. The van der Waals surface area contributed by atoms with Gasteiger partial charge in [-0.3, -0.25) is 24.7 Å². The van der Waals surface area contributed by atoms with Crippen LogP contribution in [0.1, 0.15) is 24.5 Å². The van der Waals surface area contributed by atoms with E-state index in [2.05, 4.69) is 5.32 Å². The lowest BCUT2D eigenvalue weighted by Crippen LogP contribution is -2.66. The first-order valence-electron chi connectivity index (χ1n) is 13.4. The summed E-state index contributed by atoms with van der Waals surface area (Å²) in [5.74, 6) is -0.431. The predicted molar refractivity (Wildman–Crippen MR) is 149 cm³/mol. The summed E-state index contributed by atoms with van der Waals surface area (Å²) in [7, 11) is 1.55. The van der Waals surface area contributed by atoms with E-state index in [1.54, 1.807) is 39.0 Å². The molecule has 208 valence electrons. The molecule has 1 N–H and O–H groups in total. The molecule has 3 aromatic rings. The van der Waals surface area contributed by atoms with Gasteiger partial charge in [-0.25, -0.2) is 4.79 Å². The van der Waals surface area contributed by atoms with Crippen molar-refractivity contribution in [3.8, 4) is 0 Å². The van der Waals surface area contributed by atoms with Crippen LogP contribution >= 0.6 is 0 Å². The minimum absolute atomic E-state index is 0.0236. The Balaban J connectivity index is 1.51. The summed E-state index contributed by atoms with van der Waals surface area (Å²) in [6.07, 6.45) is 0.356. The highest BCUT2D eigenvalue weighted by Crippen LogP contribution is 2.31. The zero-order chi connectivity index (χ0) is 28.4. The summed E-state index contributed by atoms with van der Waals surface area (Å²) in [5.41, 5.74) is 1.65. The normalized spacial score (nSPS) is 19.1. The number of piperazine rings is 1. The molecule has 0 unspecified atom stereocenters. The zero-order valence-electron chi connectivity index (χ0n) is 22.5. The van der Waals surface area contributed by atoms with Crippen LogP contribution in [0.2, 0.25) is 0 Å². The molecular formula is C29H32N6O5. The van der Waals surface area contributed by atoms with Crippen molar-refractivity contribution in [2.75, 3.05) is 26.7 Å². The van der Waals surface area contributed by atoms with E-state index in [0.717, 1.165) is 16.3 Å². The topological polar surface area (TPSA) is 119 Å². The molecule has 2 heterocycles. The van der Waals surface area contributed by atoms with Crippen molar-refractivity contribution in [2.24, 2.45) is 0 Å². The van der Waals surface area contributed by atoms with Gasteiger partial charge in [0.25, 0.3) is 5.69 Å². The first-order chi connectivity index (χ1) is 19.3. The van der Waals surface area contributed by atoms with Crippen LogP contribution in [-0.4, -0.2) is 81.5 Å². The Hall–Kier alpha value is -4.51. The fraction of sp³-hybridized carbons (Fsp3) is 0.345. The quantitative estimate of drug-likeness (QED) is 0.344. The average Bonchev–Trinajstić information content (AvgIpc) is 3.29. The van der Waals surface area contributed by atoms with Crippen molar-refractivity contribution in [2.45, 2.75) is 38.5 Å². The van der Waals surface area contributed by atoms with Crippen LogP contribution in [0.25, 0.3) is 10.8 Å². The molecule has 0 saturated carbocycles. The summed E-state index contributed by atoms with van der Waals surface area (Å²) in [6, 6.07) is 18.9. The Morgan fingerprint density at radius 2 is 1.80 bits per heavy atom. The van der Waals surface area contributed by atoms with Crippen molar-refractivity contribution in [1.82, 2.24) is 25.1 Å². The number of benzene rings is 3. The minimum Gasteiger partial charge on any atom is -0.340 e. The fourth-order valence-corrected chi connectivity index (χ4v) is 5.69. The van der Waals surface area contributed by atoms with Gasteiger partial charge in [0.15, 0.2) is 0 Å². The summed E-state index contributed by atoms with van der Waals surface area (Å²) in [6.45, 7) is 2.94. The molecule has 2 saturated heterocycles. The summed E-state index contributed by atoms with van der Waals surface area (Å²) >= 11 is 0. The highest BCUT2D eigenvalue weighted by Gasteiger charge is 2.52. The van der Waals surface area contributed by atoms with Gasteiger partial charge in [0, 0.05) is 38.7 Å². The molecule has 11 heteroatoms. The van der Waals surface area contributed by atoms with E-state index in [1.165, 1.54) is 12.1 Å². The number of nitrogens with zero attached hydrogens (tertiary/aromatic N) is 5. The van der Waals surface area contributed by atoms with E-state index in [0.29, 0.717) is 25.1 Å². The van der Waals surface area contributed by atoms with Crippen LogP contribution in [0.3, 0.4) is 0 Å². The highest BCUT2D eigenvalue weighted by molar-refractivity contribution is 5.92. The molecule has 0 aromatic heterocycles. The number of carbonyl (C=O) groups is 3. The number of hydrogen-bond donors (Lipinski definition) is 1. The summed E-state index contributed by atoms with van der Waals surface area (Å²) < 4.78 is 0. The SMILES string of the molecule is CCCN(C(=O)NC)N1CC(=O)N2[C@@H](Cc3ccc([N+](=O)[O-])cc3)C(=O)N(Cc3cccc4ccccc34)C[C@@H]21. The lowest BCUT2D eigenvalue weighted by atomic mass is 9.98. The first kappa shape index (κ1) is 27.1. The van der Waals surface area contributed by atoms with Crippen molar-refractivity contribution in [3.05, 3.63) is 88.0 Å².